The number of halogens is 2. The number of alkyl halides is 2. The molecule has 1 aromatic rings. The summed E-state index contributed by atoms with van der Waals surface area (Å²) in [5.74, 6) is 0.875. The van der Waals surface area contributed by atoms with Crippen LogP contribution in [-0.4, -0.2) is 31.1 Å². The van der Waals surface area contributed by atoms with Crippen LogP contribution < -0.4 is 10.5 Å². The van der Waals surface area contributed by atoms with Crippen LogP contribution in [0.25, 0.3) is 0 Å². The molecule has 1 aromatic carbocycles. The first-order valence-corrected chi connectivity index (χ1v) is 6.59. The second-order valence-electron chi connectivity index (χ2n) is 5.09. The number of nitrogens with two attached hydrogens (primary N) is 1. The maximum Gasteiger partial charge on any atom is 0.387 e. The summed E-state index contributed by atoms with van der Waals surface area (Å²) >= 11 is 0. The van der Waals surface area contributed by atoms with Gasteiger partial charge in [-0.2, -0.15) is 8.78 Å². The molecule has 106 valence electrons. The molecule has 1 fully saturated rings. The van der Waals surface area contributed by atoms with Crippen LogP contribution >= 0.6 is 0 Å². The van der Waals surface area contributed by atoms with Crippen molar-refractivity contribution in [2.75, 3.05) is 19.6 Å². The molecule has 2 atom stereocenters. The van der Waals surface area contributed by atoms with E-state index in [9.17, 15) is 8.78 Å². The summed E-state index contributed by atoms with van der Waals surface area (Å²) in [6.45, 7) is 2.06. The monoisotopic (exact) mass is 270 g/mol. The number of rotatable bonds is 5. The Bertz CT molecular complexity index is 397. The van der Waals surface area contributed by atoms with Gasteiger partial charge in [-0.25, -0.2) is 0 Å². The first-order valence-electron chi connectivity index (χ1n) is 6.59. The summed E-state index contributed by atoms with van der Waals surface area (Å²) in [5, 5.41) is 0. The predicted octanol–water partition coefficient (Wildman–Crippen LogP) is 2.63. The van der Waals surface area contributed by atoms with Crippen LogP contribution in [0, 0.1) is 5.92 Å². The third-order valence-electron chi connectivity index (χ3n) is 3.61. The number of likely N-dealkylation sites (tertiary alicyclic amines) is 1. The lowest BCUT2D eigenvalue weighted by Crippen LogP contribution is -2.31. The summed E-state index contributed by atoms with van der Waals surface area (Å²) in [6, 6.07) is 6.94. The topological polar surface area (TPSA) is 38.5 Å². The number of hydrogen-bond donors (Lipinski definition) is 1. The van der Waals surface area contributed by atoms with Crippen LogP contribution in [0.15, 0.2) is 24.3 Å². The highest BCUT2D eigenvalue weighted by molar-refractivity contribution is 5.29. The van der Waals surface area contributed by atoms with Crippen molar-refractivity contribution in [1.82, 2.24) is 4.90 Å². The van der Waals surface area contributed by atoms with Gasteiger partial charge in [0.15, 0.2) is 0 Å². The van der Waals surface area contributed by atoms with Crippen LogP contribution in [0.3, 0.4) is 0 Å². The van der Waals surface area contributed by atoms with Gasteiger partial charge in [0.25, 0.3) is 0 Å². The maximum atomic E-state index is 12.1. The second kappa shape index (κ2) is 6.30. The quantitative estimate of drug-likeness (QED) is 0.894. The van der Waals surface area contributed by atoms with Gasteiger partial charge in [-0.05, 0) is 36.6 Å². The van der Waals surface area contributed by atoms with Crippen molar-refractivity contribution >= 4 is 0 Å². The van der Waals surface area contributed by atoms with E-state index in [1.165, 1.54) is 6.42 Å². The highest BCUT2D eigenvalue weighted by Gasteiger charge is 2.26. The molecule has 0 aliphatic carbocycles. The van der Waals surface area contributed by atoms with Gasteiger partial charge in [0.2, 0.25) is 0 Å². The largest absolute Gasteiger partial charge is 0.435 e. The van der Waals surface area contributed by atoms with Crippen LogP contribution in [-0.2, 0) is 0 Å². The van der Waals surface area contributed by atoms with Gasteiger partial charge in [-0.3, -0.25) is 4.90 Å². The van der Waals surface area contributed by atoms with Crippen molar-refractivity contribution in [1.29, 1.82) is 0 Å². The van der Waals surface area contributed by atoms with Crippen molar-refractivity contribution < 1.29 is 13.5 Å². The summed E-state index contributed by atoms with van der Waals surface area (Å²) in [6.07, 6.45) is 1.18. The Morgan fingerprint density at radius 1 is 1.37 bits per heavy atom. The van der Waals surface area contributed by atoms with Gasteiger partial charge in [-0.1, -0.05) is 19.1 Å². The van der Waals surface area contributed by atoms with Crippen LogP contribution in [0.2, 0.25) is 0 Å². The van der Waals surface area contributed by atoms with E-state index in [4.69, 9.17) is 5.73 Å². The van der Waals surface area contributed by atoms with Crippen LogP contribution in [0.1, 0.15) is 24.9 Å². The van der Waals surface area contributed by atoms with Gasteiger partial charge >= 0.3 is 6.61 Å². The lowest BCUT2D eigenvalue weighted by molar-refractivity contribution is -0.0498. The molecule has 0 aromatic heterocycles. The smallest absolute Gasteiger partial charge is 0.387 e. The average molecular weight is 270 g/mol. The van der Waals surface area contributed by atoms with Crippen molar-refractivity contribution in [2.24, 2.45) is 11.7 Å². The minimum atomic E-state index is -2.78. The molecule has 0 spiro atoms. The Morgan fingerprint density at radius 3 is 2.53 bits per heavy atom. The Kier molecular flexibility index (Phi) is 4.71. The summed E-state index contributed by atoms with van der Waals surface area (Å²) in [4.78, 5) is 2.35. The van der Waals surface area contributed by atoms with Gasteiger partial charge in [0.05, 0.1) is 0 Å². The zero-order chi connectivity index (χ0) is 13.8. The Balaban J connectivity index is 2.06. The van der Waals surface area contributed by atoms with E-state index in [0.29, 0.717) is 12.5 Å². The van der Waals surface area contributed by atoms with E-state index in [-0.39, 0.29) is 11.8 Å². The minimum Gasteiger partial charge on any atom is -0.435 e. The maximum absolute atomic E-state index is 12.1. The molecule has 1 aliphatic heterocycles. The molecule has 5 heteroatoms. The number of hydrogen-bond acceptors (Lipinski definition) is 3. The fraction of sp³-hybridized carbons (Fsp3) is 0.571. The third-order valence-corrected chi connectivity index (χ3v) is 3.61. The van der Waals surface area contributed by atoms with Crippen molar-refractivity contribution in [3.63, 3.8) is 0 Å². The summed E-state index contributed by atoms with van der Waals surface area (Å²) < 4.78 is 28.5. The molecule has 0 saturated carbocycles. The van der Waals surface area contributed by atoms with E-state index in [1.807, 2.05) is 12.1 Å². The third kappa shape index (κ3) is 3.64. The van der Waals surface area contributed by atoms with Crippen molar-refractivity contribution in [3.8, 4) is 5.75 Å². The SMILES string of the molecule is CC1CCN(C(CN)c2ccc(OC(F)F)cc2)C1. The van der Waals surface area contributed by atoms with E-state index < -0.39 is 6.61 Å². The van der Waals surface area contributed by atoms with E-state index >= 15 is 0 Å². The highest BCUT2D eigenvalue weighted by Crippen LogP contribution is 2.28. The van der Waals surface area contributed by atoms with E-state index in [2.05, 4.69) is 16.6 Å². The Morgan fingerprint density at radius 2 is 2.05 bits per heavy atom. The standard InChI is InChI=1S/C14H20F2N2O/c1-10-6-7-18(9-10)13(8-17)11-2-4-12(5-3-11)19-14(15)16/h2-5,10,13-14H,6-9,17H2,1H3. The molecule has 1 saturated heterocycles. The molecule has 2 unspecified atom stereocenters. The molecule has 19 heavy (non-hydrogen) atoms. The normalized spacial score (nSPS) is 21.8. The molecule has 0 radical (unpaired) electrons. The molecule has 1 aliphatic rings. The molecular formula is C14H20F2N2O. The number of ether oxygens (including phenoxy) is 1. The Hall–Kier alpha value is -1.20. The van der Waals surface area contributed by atoms with Gasteiger partial charge in [-0.15, -0.1) is 0 Å². The van der Waals surface area contributed by atoms with Crippen LogP contribution in [0.5, 0.6) is 5.75 Å². The second-order valence-corrected chi connectivity index (χ2v) is 5.09. The fourth-order valence-corrected chi connectivity index (χ4v) is 2.62. The first-order chi connectivity index (χ1) is 9.10. The van der Waals surface area contributed by atoms with Crippen molar-refractivity contribution in [2.45, 2.75) is 26.0 Å². The molecule has 0 amide bonds. The van der Waals surface area contributed by atoms with Crippen LogP contribution in [0.4, 0.5) is 8.78 Å². The van der Waals surface area contributed by atoms with Crippen molar-refractivity contribution in [3.05, 3.63) is 29.8 Å². The van der Waals surface area contributed by atoms with Gasteiger partial charge in [0, 0.05) is 19.1 Å². The average Bonchev–Trinajstić information content (AvgIpc) is 2.78. The van der Waals surface area contributed by atoms with E-state index in [1.54, 1.807) is 12.1 Å². The molecule has 2 rings (SSSR count). The number of benzene rings is 1. The molecular weight excluding hydrogens is 250 g/mol. The molecule has 3 nitrogen and oxygen atoms in total. The Labute approximate surface area is 112 Å². The fourth-order valence-electron chi connectivity index (χ4n) is 2.62. The zero-order valence-electron chi connectivity index (χ0n) is 11.1. The van der Waals surface area contributed by atoms with E-state index in [0.717, 1.165) is 18.7 Å². The van der Waals surface area contributed by atoms with Gasteiger partial charge in [0.1, 0.15) is 5.75 Å². The lowest BCUT2D eigenvalue weighted by atomic mass is 10.1. The summed E-state index contributed by atoms with van der Waals surface area (Å²) in [5.41, 5.74) is 6.91. The molecule has 0 bridgehead atoms. The molecule has 1 heterocycles. The first kappa shape index (κ1) is 14.2. The lowest BCUT2D eigenvalue weighted by Gasteiger charge is -2.27. The highest BCUT2D eigenvalue weighted by atomic mass is 19.3. The molecule has 2 N–H and O–H groups in total. The zero-order valence-corrected chi connectivity index (χ0v) is 11.1. The minimum absolute atomic E-state index is 0.158. The van der Waals surface area contributed by atoms with Gasteiger partial charge < -0.3 is 10.5 Å². The summed E-state index contributed by atoms with van der Waals surface area (Å²) in [7, 11) is 0. The predicted molar refractivity (Wildman–Crippen MR) is 70.2 cm³/mol. The number of nitrogens with zero attached hydrogens (tertiary/aromatic N) is 1.